The molecule has 0 radical (unpaired) electrons. The number of methoxy groups -OCH3 is 1. The minimum absolute atomic E-state index is 0.0864. The zero-order chi connectivity index (χ0) is 25.5. The largest absolute Gasteiger partial charge is 0.497 e. The van der Waals surface area contributed by atoms with Gasteiger partial charge in [-0.25, -0.2) is 0 Å². The minimum Gasteiger partial charge on any atom is -0.497 e. The Morgan fingerprint density at radius 3 is 2.33 bits per heavy atom. The molecule has 36 heavy (non-hydrogen) atoms. The van der Waals surface area contributed by atoms with E-state index in [4.69, 9.17) is 18.3 Å². The van der Waals surface area contributed by atoms with Crippen molar-refractivity contribution in [3.63, 3.8) is 0 Å². The van der Waals surface area contributed by atoms with Gasteiger partial charge in [0.2, 0.25) is 11.8 Å². The third-order valence-electron chi connectivity index (χ3n) is 5.27. The van der Waals surface area contributed by atoms with Crippen LogP contribution in [0.15, 0.2) is 75.8 Å². The quantitative estimate of drug-likeness (QED) is 0.336. The van der Waals surface area contributed by atoms with E-state index in [1.165, 1.54) is 12.3 Å². The van der Waals surface area contributed by atoms with Gasteiger partial charge in [-0.05, 0) is 66.6 Å². The molecule has 0 spiro atoms. The van der Waals surface area contributed by atoms with Crippen LogP contribution in [0.3, 0.4) is 0 Å². The summed E-state index contributed by atoms with van der Waals surface area (Å²) < 4.78 is 21.6. The number of nitrogens with one attached hydrogen (secondary N) is 2. The highest BCUT2D eigenvalue weighted by atomic mass is 16.5. The first kappa shape index (κ1) is 24.5. The summed E-state index contributed by atoms with van der Waals surface area (Å²) in [7, 11) is 1.60. The van der Waals surface area contributed by atoms with E-state index >= 15 is 0 Å². The highest BCUT2D eigenvalue weighted by Crippen LogP contribution is 2.22. The first-order chi connectivity index (χ1) is 17.4. The molecule has 0 saturated heterocycles. The number of nitrogens with zero attached hydrogens (tertiary/aromatic N) is 2. The lowest BCUT2D eigenvalue weighted by molar-refractivity contribution is -0.118. The van der Waals surface area contributed by atoms with E-state index < -0.39 is 11.9 Å². The number of furan rings is 1. The molecule has 0 fully saturated rings. The van der Waals surface area contributed by atoms with E-state index in [1.54, 1.807) is 37.4 Å². The van der Waals surface area contributed by atoms with Crippen molar-refractivity contribution in [2.24, 2.45) is 5.92 Å². The predicted octanol–water partition coefficient (Wildman–Crippen LogP) is 4.31. The Labute approximate surface area is 207 Å². The normalized spacial score (nSPS) is 11.7. The standard InChI is InChI=1S/C26H26N4O6/c1-16(2)23(28-24(31)21-5-4-14-34-21)25(32)27-18-8-12-20(13-9-18)35-15-22-29-30-26(36-22)17-6-10-19(33-3)11-7-17/h4-14,16,23H,15H2,1-3H3,(H,27,32)(H,28,31). The van der Waals surface area contributed by atoms with E-state index in [9.17, 15) is 9.59 Å². The van der Waals surface area contributed by atoms with Crippen LogP contribution in [0.5, 0.6) is 11.5 Å². The SMILES string of the molecule is COc1ccc(-c2nnc(COc3ccc(NC(=O)C(NC(=O)c4ccco4)C(C)C)cc3)o2)cc1. The number of anilines is 1. The first-order valence-electron chi connectivity index (χ1n) is 11.3. The van der Waals surface area contributed by atoms with Crippen LogP contribution in [-0.2, 0) is 11.4 Å². The molecule has 186 valence electrons. The van der Waals surface area contributed by atoms with Crippen molar-refractivity contribution in [1.29, 1.82) is 0 Å². The fourth-order valence-corrected chi connectivity index (χ4v) is 3.32. The molecule has 2 aromatic carbocycles. The van der Waals surface area contributed by atoms with E-state index in [1.807, 2.05) is 38.1 Å². The lowest BCUT2D eigenvalue weighted by Crippen LogP contribution is -2.47. The molecule has 0 bridgehead atoms. The van der Waals surface area contributed by atoms with Gasteiger partial charge in [-0.3, -0.25) is 9.59 Å². The number of hydrogen-bond donors (Lipinski definition) is 2. The van der Waals surface area contributed by atoms with Gasteiger partial charge >= 0.3 is 0 Å². The number of ether oxygens (including phenoxy) is 2. The molecule has 10 heteroatoms. The van der Waals surface area contributed by atoms with E-state index in [0.29, 0.717) is 23.2 Å². The maximum atomic E-state index is 12.8. The smallest absolute Gasteiger partial charge is 0.287 e. The van der Waals surface area contributed by atoms with E-state index in [0.717, 1.165) is 11.3 Å². The van der Waals surface area contributed by atoms with Gasteiger partial charge in [0.1, 0.15) is 17.5 Å². The number of carbonyl (C=O) groups is 2. The summed E-state index contributed by atoms with van der Waals surface area (Å²) in [5.74, 6) is 1.22. The Morgan fingerprint density at radius 2 is 1.69 bits per heavy atom. The second-order valence-electron chi connectivity index (χ2n) is 8.20. The molecule has 0 aliphatic heterocycles. The monoisotopic (exact) mass is 490 g/mol. The van der Waals surface area contributed by atoms with Crippen molar-refractivity contribution in [2.45, 2.75) is 26.5 Å². The van der Waals surface area contributed by atoms with Crippen molar-refractivity contribution in [3.8, 4) is 23.0 Å². The molecule has 2 heterocycles. The van der Waals surface area contributed by atoms with Gasteiger partial charge in [-0.1, -0.05) is 13.8 Å². The highest BCUT2D eigenvalue weighted by molar-refractivity contribution is 6.00. The average molecular weight is 491 g/mol. The maximum Gasteiger partial charge on any atom is 0.287 e. The maximum absolute atomic E-state index is 12.8. The first-order valence-corrected chi connectivity index (χ1v) is 11.3. The Balaban J connectivity index is 1.31. The lowest BCUT2D eigenvalue weighted by Gasteiger charge is -2.21. The predicted molar refractivity (Wildman–Crippen MR) is 130 cm³/mol. The summed E-state index contributed by atoms with van der Waals surface area (Å²) in [4.78, 5) is 25.1. The van der Waals surface area contributed by atoms with Crippen molar-refractivity contribution >= 4 is 17.5 Å². The topological polar surface area (TPSA) is 129 Å². The summed E-state index contributed by atoms with van der Waals surface area (Å²) in [6, 6.07) is 16.5. The zero-order valence-corrected chi connectivity index (χ0v) is 20.1. The number of carbonyl (C=O) groups excluding carboxylic acids is 2. The second kappa shape index (κ2) is 11.2. The van der Waals surface area contributed by atoms with Gasteiger partial charge in [-0.15, -0.1) is 10.2 Å². The molecule has 4 aromatic rings. The van der Waals surface area contributed by atoms with Crippen molar-refractivity contribution in [1.82, 2.24) is 15.5 Å². The van der Waals surface area contributed by atoms with Crippen molar-refractivity contribution in [2.75, 3.05) is 12.4 Å². The molecule has 2 N–H and O–H groups in total. The van der Waals surface area contributed by atoms with Gasteiger partial charge in [0.05, 0.1) is 13.4 Å². The molecular formula is C26H26N4O6. The highest BCUT2D eigenvalue weighted by Gasteiger charge is 2.25. The van der Waals surface area contributed by atoms with E-state index in [-0.39, 0.29) is 24.2 Å². The van der Waals surface area contributed by atoms with Crippen LogP contribution in [0.1, 0.15) is 30.3 Å². The summed E-state index contributed by atoms with van der Waals surface area (Å²) >= 11 is 0. The van der Waals surface area contributed by atoms with E-state index in [2.05, 4.69) is 20.8 Å². The fourth-order valence-electron chi connectivity index (χ4n) is 3.32. The van der Waals surface area contributed by atoms with Crippen molar-refractivity contribution in [3.05, 3.63) is 78.6 Å². The Morgan fingerprint density at radius 1 is 0.972 bits per heavy atom. The van der Waals surface area contributed by atoms with Gasteiger partial charge in [0, 0.05) is 11.3 Å². The summed E-state index contributed by atoms with van der Waals surface area (Å²) in [6.45, 7) is 3.78. The van der Waals surface area contributed by atoms with Crippen LogP contribution in [0.4, 0.5) is 5.69 Å². The number of hydrogen-bond acceptors (Lipinski definition) is 8. The molecule has 4 rings (SSSR count). The molecule has 0 saturated carbocycles. The molecule has 0 aliphatic rings. The van der Waals surface area contributed by atoms with Gasteiger partial charge in [0.25, 0.3) is 11.8 Å². The fraction of sp³-hybridized carbons (Fsp3) is 0.231. The molecule has 10 nitrogen and oxygen atoms in total. The van der Waals surface area contributed by atoms with Crippen LogP contribution in [-0.4, -0.2) is 35.2 Å². The number of benzene rings is 2. The molecular weight excluding hydrogens is 464 g/mol. The molecule has 0 aliphatic carbocycles. The summed E-state index contributed by atoms with van der Waals surface area (Å²) in [6.07, 6.45) is 1.40. The second-order valence-corrected chi connectivity index (χ2v) is 8.20. The van der Waals surface area contributed by atoms with Gasteiger partial charge in [0.15, 0.2) is 12.4 Å². The van der Waals surface area contributed by atoms with Gasteiger partial charge in [-0.2, -0.15) is 0 Å². The summed E-state index contributed by atoms with van der Waals surface area (Å²) in [5.41, 5.74) is 1.33. The number of rotatable bonds is 10. The van der Waals surface area contributed by atoms with Crippen LogP contribution >= 0.6 is 0 Å². The van der Waals surface area contributed by atoms with Crippen LogP contribution in [0, 0.1) is 5.92 Å². The van der Waals surface area contributed by atoms with Crippen LogP contribution in [0.25, 0.3) is 11.5 Å². The third kappa shape index (κ3) is 6.09. The molecule has 2 aromatic heterocycles. The molecule has 2 amide bonds. The Bertz CT molecular complexity index is 1280. The third-order valence-corrected chi connectivity index (χ3v) is 5.27. The van der Waals surface area contributed by atoms with Crippen LogP contribution < -0.4 is 20.1 Å². The Hall–Kier alpha value is -4.60. The van der Waals surface area contributed by atoms with Crippen LogP contribution in [0.2, 0.25) is 0 Å². The average Bonchev–Trinajstić information content (AvgIpc) is 3.59. The Kier molecular flexibility index (Phi) is 7.64. The number of aromatic nitrogens is 2. The number of amides is 2. The summed E-state index contributed by atoms with van der Waals surface area (Å²) in [5, 5.41) is 13.6. The zero-order valence-electron chi connectivity index (χ0n) is 20.1. The molecule has 1 atom stereocenters. The van der Waals surface area contributed by atoms with Crippen molar-refractivity contribution < 1.29 is 27.9 Å². The molecule has 1 unspecified atom stereocenters. The lowest BCUT2D eigenvalue weighted by atomic mass is 10.0. The van der Waals surface area contributed by atoms with Gasteiger partial charge < -0.3 is 28.9 Å². The minimum atomic E-state index is -0.740.